The molecule has 2 rings (SSSR count). The Morgan fingerprint density at radius 2 is 1.91 bits per heavy atom. The van der Waals surface area contributed by atoms with E-state index in [0.717, 1.165) is 12.8 Å². The molecule has 6 heteroatoms. The standard InChI is InChI=1S/C17H23NO5/c1-10-5-7-18(8-6-10)16(20)13(4)23-17(21)15-11(2)9-14(19)22-12(15)3/h9-10,13H,5-8H2,1-4H3/t13-/m1/s1. The summed E-state index contributed by atoms with van der Waals surface area (Å²) in [4.78, 5) is 37.7. The number of rotatable bonds is 3. The number of hydrogen-bond donors (Lipinski definition) is 0. The number of carbonyl (C=O) groups excluding carboxylic acids is 2. The van der Waals surface area contributed by atoms with Gasteiger partial charge in [-0.3, -0.25) is 4.79 Å². The zero-order valence-corrected chi connectivity index (χ0v) is 14.0. The Balaban J connectivity index is 2.05. The molecule has 1 aliphatic rings. The summed E-state index contributed by atoms with van der Waals surface area (Å²) in [5.41, 5.74) is 0.176. The zero-order valence-electron chi connectivity index (χ0n) is 14.0. The highest BCUT2D eigenvalue weighted by atomic mass is 16.5. The first-order valence-electron chi connectivity index (χ1n) is 7.90. The molecule has 1 aromatic rings. The quantitative estimate of drug-likeness (QED) is 0.796. The number of aryl methyl sites for hydroxylation is 2. The lowest BCUT2D eigenvalue weighted by Gasteiger charge is -2.31. The van der Waals surface area contributed by atoms with Crippen molar-refractivity contribution in [1.82, 2.24) is 4.90 Å². The molecule has 6 nitrogen and oxygen atoms in total. The van der Waals surface area contributed by atoms with E-state index in [4.69, 9.17) is 9.15 Å². The molecule has 0 radical (unpaired) electrons. The molecule has 1 amide bonds. The Bertz CT molecular complexity index is 629. The molecule has 1 fully saturated rings. The molecule has 126 valence electrons. The second kappa shape index (κ2) is 6.98. The molecule has 0 saturated carbocycles. The molecule has 0 unspecified atom stereocenters. The Labute approximate surface area is 135 Å². The zero-order chi connectivity index (χ0) is 17.1. The summed E-state index contributed by atoms with van der Waals surface area (Å²) in [6.45, 7) is 8.30. The van der Waals surface area contributed by atoms with Crippen molar-refractivity contribution in [3.63, 3.8) is 0 Å². The van der Waals surface area contributed by atoms with Crippen LogP contribution in [0.1, 0.15) is 48.4 Å². The minimum atomic E-state index is -0.860. The molecule has 0 bridgehead atoms. The molecular formula is C17H23NO5. The van der Waals surface area contributed by atoms with Gasteiger partial charge >= 0.3 is 11.6 Å². The lowest BCUT2D eigenvalue weighted by atomic mass is 9.99. The topological polar surface area (TPSA) is 76.8 Å². The number of likely N-dealkylation sites (tertiary alicyclic amines) is 1. The number of piperidine rings is 1. The van der Waals surface area contributed by atoms with E-state index in [1.54, 1.807) is 18.7 Å². The van der Waals surface area contributed by atoms with Gasteiger partial charge in [0.05, 0.1) is 0 Å². The molecule has 2 heterocycles. The molecule has 1 aromatic heterocycles. The maximum absolute atomic E-state index is 12.4. The fraction of sp³-hybridized carbons (Fsp3) is 0.588. The van der Waals surface area contributed by atoms with Gasteiger partial charge in [0.25, 0.3) is 5.91 Å². The highest BCUT2D eigenvalue weighted by Gasteiger charge is 2.28. The van der Waals surface area contributed by atoms with Crippen molar-refractivity contribution in [2.45, 2.75) is 46.6 Å². The minimum absolute atomic E-state index is 0.182. The summed E-state index contributed by atoms with van der Waals surface area (Å²) < 4.78 is 10.2. The Kier molecular flexibility index (Phi) is 5.23. The second-order valence-corrected chi connectivity index (χ2v) is 6.23. The number of carbonyl (C=O) groups is 2. The summed E-state index contributed by atoms with van der Waals surface area (Å²) in [6.07, 6.45) is 1.07. The van der Waals surface area contributed by atoms with Crippen LogP contribution in [-0.4, -0.2) is 36.0 Å². The number of esters is 1. The van der Waals surface area contributed by atoms with Crippen molar-refractivity contribution in [3.05, 3.63) is 33.4 Å². The Hall–Kier alpha value is -2.11. The third kappa shape index (κ3) is 4.00. The number of hydrogen-bond acceptors (Lipinski definition) is 5. The van der Waals surface area contributed by atoms with E-state index < -0.39 is 17.7 Å². The summed E-state index contributed by atoms with van der Waals surface area (Å²) in [5, 5.41) is 0. The van der Waals surface area contributed by atoms with E-state index in [0.29, 0.717) is 24.6 Å². The summed E-state index contributed by atoms with van der Waals surface area (Å²) >= 11 is 0. The fourth-order valence-electron chi connectivity index (χ4n) is 2.82. The summed E-state index contributed by atoms with van der Waals surface area (Å²) in [6, 6.07) is 1.24. The van der Waals surface area contributed by atoms with Crippen molar-refractivity contribution >= 4 is 11.9 Å². The van der Waals surface area contributed by atoms with E-state index in [2.05, 4.69) is 6.92 Å². The third-order valence-corrected chi connectivity index (χ3v) is 4.27. The average molecular weight is 321 g/mol. The molecular weight excluding hydrogens is 298 g/mol. The first-order chi connectivity index (χ1) is 10.8. The van der Waals surface area contributed by atoms with Crippen molar-refractivity contribution < 1.29 is 18.7 Å². The fourth-order valence-corrected chi connectivity index (χ4v) is 2.82. The molecule has 0 N–H and O–H groups in total. The van der Waals surface area contributed by atoms with Gasteiger partial charge in [0.2, 0.25) is 0 Å². The van der Waals surface area contributed by atoms with Gasteiger partial charge < -0.3 is 14.1 Å². The van der Waals surface area contributed by atoms with Gasteiger partial charge in [-0.1, -0.05) is 6.92 Å². The van der Waals surface area contributed by atoms with Gasteiger partial charge in [-0.15, -0.1) is 0 Å². The van der Waals surface area contributed by atoms with Crippen LogP contribution in [0.5, 0.6) is 0 Å². The maximum atomic E-state index is 12.4. The summed E-state index contributed by atoms with van der Waals surface area (Å²) in [7, 11) is 0. The van der Waals surface area contributed by atoms with Crippen molar-refractivity contribution in [3.8, 4) is 0 Å². The Morgan fingerprint density at radius 3 is 2.48 bits per heavy atom. The summed E-state index contributed by atoms with van der Waals surface area (Å²) in [5.74, 6) is -0.00575. The van der Waals surface area contributed by atoms with Crippen LogP contribution < -0.4 is 5.63 Å². The second-order valence-electron chi connectivity index (χ2n) is 6.23. The van der Waals surface area contributed by atoms with E-state index in [9.17, 15) is 14.4 Å². The van der Waals surface area contributed by atoms with Gasteiger partial charge in [0.15, 0.2) is 6.10 Å². The van der Waals surface area contributed by atoms with Crippen LogP contribution in [0.3, 0.4) is 0 Å². The predicted molar refractivity (Wildman–Crippen MR) is 84.3 cm³/mol. The Morgan fingerprint density at radius 1 is 1.30 bits per heavy atom. The number of ether oxygens (including phenoxy) is 1. The molecule has 23 heavy (non-hydrogen) atoms. The van der Waals surface area contributed by atoms with Crippen LogP contribution in [0.15, 0.2) is 15.3 Å². The first kappa shape index (κ1) is 17.2. The van der Waals surface area contributed by atoms with Crippen LogP contribution in [0.4, 0.5) is 0 Å². The largest absolute Gasteiger partial charge is 0.449 e. The number of amides is 1. The molecule has 0 spiro atoms. The van der Waals surface area contributed by atoms with Crippen molar-refractivity contribution in [2.24, 2.45) is 5.92 Å². The normalized spacial score (nSPS) is 17.0. The number of nitrogens with zero attached hydrogens (tertiary/aromatic N) is 1. The van der Waals surface area contributed by atoms with Gasteiger partial charge in [0, 0.05) is 19.2 Å². The van der Waals surface area contributed by atoms with Gasteiger partial charge in [-0.25, -0.2) is 9.59 Å². The lowest BCUT2D eigenvalue weighted by molar-refractivity contribution is -0.141. The van der Waals surface area contributed by atoms with E-state index >= 15 is 0 Å². The van der Waals surface area contributed by atoms with Crippen LogP contribution in [0.25, 0.3) is 0 Å². The van der Waals surface area contributed by atoms with Gasteiger partial charge in [-0.05, 0) is 45.1 Å². The van der Waals surface area contributed by atoms with E-state index in [1.807, 2.05) is 0 Å². The van der Waals surface area contributed by atoms with Crippen LogP contribution in [0.2, 0.25) is 0 Å². The highest BCUT2D eigenvalue weighted by Crippen LogP contribution is 2.18. The van der Waals surface area contributed by atoms with Crippen LogP contribution in [0, 0.1) is 19.8 Å². The first-order valence-corrected chi connectivity index (χ1v) is 7.90. The third-order valence-electron chi connectivity index (χ3n) is 4.27. The van der Waals surface area contributed by atoms with Gasteiger partial charge in [0.1, 0.15) is 11.3 Å². The van der Waals surface area contributed by atoms with E-state index in [1.165, 1.54) is 13.0 Å². The average Bonchev–Trinajstić information content (AvgIpc) is 2.46. The smallest absolute Gasteiger partial charge is 0.342 e. The SMILES string of the molecule is Cc1cc(=O)oc(C)c1C(=O)O[C@H](C)C(=O)N1CCC(C)CC1. The lowest BCUT2D eigenvalue weighted by Crippen LogP contribution is -2.44. The van der Waals surface area contributed by atoms with Crippen molar-refractivity contribution in [2.75, 3.05) is 13.1 Å². The highest BCUT2D eigenvalue weighted by molar-refractivity contribution is 5.94. The monoisotopic (exact) mass is 321 g/mol. The molecule has 0 aromatic carbocycles. The van der Waals surface area contributed by atoms with Gasteiger partial charge in [-0.2, -0.15) is 0 Å². The molecule has 1 aliphatic heterocycles. The van der Waals surface area contributed by atoms with Crippen LogP contribution >= 0.6 is 0 Å². The molecule has 1 atom stereocenters. The van der Waals surface area contributed by atoms with E-state index in [-0.39, 0.29) is 17.2 Å². The molecule has 1 saturated heterocycles. The predicted octanol–water partition coefficient (Wildman–Crippen LogP) is 2.06. The van der Waals surface area contributed by atoms with Crippen LogP contribution in [-0.2, 0) is 9.53 Å². The molecule has 0 aliphatic carbocycles. The maximum Gasteiger partial charge on any atom is 0.342 e. The minimum Gasteiger partial charge on any atom is -0.449 e. The van der Waals surface area contributed by atoms with Crippen molar-refractivity contribution in [1.29, 1.82) is 0 Å².